The Morgan fingerprint density at radius 1 is 1.10 bits per heavy atom. The third-order valence-corrected chi connectivity index (χ3v) is 4.09. The van der Waals surface area contributed by atoms with Crippen LogP contribution in [0.5, 0.6) is 11.5 Å². The molecule has 0 bridgehead atoms. The van der Waals surface area contributed by atoms with Gasteiger partial charge in [-0.2, -0.15) is 0 Å². The van der Waals surface area contributed by atoms with E-state index in [0.717, 1.165) is 0 Å². The number of rotatable bonds is 8. The first-order valence-corrected chi connectivity index (χ1v) is 8.90. The van der Waals surface area contributed by atoms with Crippen LogP contribution in [0.15, 0.2) is 42.5 Å². The maximum absolute atomic E-state index is 12.2. The van der Waals surface area contributed by atoms with E-state index in [1.807, 2.05) is 0 Å². The van der Waals surface area contributed by atoms with Crippen LogP contribution in [0.4, 0.5) is 5.69 Å². The molecule has 154 valence electrons. The van der Waals surface area contributed by atoms with Crippen LogP contribution in [0.3, 0.4) is 0 Å². The smallest absolute Gasteiger partial charge is 0.337 e. The van der Waals surface area contributed by atoms with Crippen LogP contribution in [-0.4, -0.2) is 57.1 Å². The number of benzene rings is 2. The molecule has 0 radical (unpaired) electrons. The van der Waals surface area contributed by atoms with Gasteiger partial charge in [0.2, 0.25) is 5.91 Å². The highest BCUT2D eigenvalue weighted by Gasteiger charge is 2.16. The normalized spacial score (nSPS) is 10.1. The first kappa shape index (κ1) is 22.0. The lowest BCUT2D eigenvalue weighted by Crippen LogP contribution is -2.37. The number of carbonyl (C=O) groups is 3. The molecule has 9 heteroatoms. The second-order valence-electron chi connectivity index (χ2n) is 5.95. The number of amides is 2. The molecule has 0 heterocycles. The number of anilines is 1. The molecule has 8 nitrogen and oxygen atoms in total. The van der Waals surface area contributed by atoms with Gasteiger partial charge >= 0.3 is 5.97 Å². The topological polar surface area (TPSA) is 94.2 Å². The predicted molar refractivity (Wildman–Crippen MR) is 108 cm³/mol. The number of likely N-dealkylation sites (N-methyl/N-ethyl adjacent to an activating group) is 1. The van der Waals surface area contributed by atoms with Gasteiger partial charge < -0.3 is 24.4 Å². The van der Waals surface area contributed by atoms with Crippen molar-refractivity contribution in [3.8, 4) is 11.5 Å². The zero-order valence-corrected chi connectivity index (χ0v) is 17.0. The van der Waals surface area contributed by atoms with Gasteiger partial charge in [0.25, 0.3) is 5.91 Å². The molecule has 0 spiro atoms. The first-order valence-electron chi connectivity index (χ1n) is 8.52. The monoisotopic (exact) mass is 420 g/mol. The number of methoxy groups -OCH3 is 2. The van der Waals surface area contributed by atoms with Crippen molar-refractivity contribution in [3.05, 3.63) is 53.1 Å². The molecule has 0 aliphatic carbocycles. The lowest BCUT2D eigenvalue weighted by atomic mass is 10.2. The number of esters is 1. The summed E-state index contributed by atoms with van der Waals surface area (Å²) in [4.78, 5) is 37.2. The van der Waals surface area contributed by atoms with Gasteiger partial charge in [-0.1, -0.05) is 17.7 Å². The summed E-state index contributed by atoms with van der Waals surface area (Å²) in [7, 11) is 4.23. The molecule has 2 aromatic carbocycles. The number of nitrogens with one attached hydrogen (secondary N) is 1. The van der Waals surface area contributed by atoms with Crippen LogP contribution in [0, 0.1) is 0 Å². The number of ether oxygens (including phenoxy) is 3. The van der Waals surface area contributed by atoms with E-state index >= 15 is 0 Å². The molecule has 0 saturated heterocycles. The predicted octanol–water partition coefficient (Wildman–Crippen LogP) is 2.61. The number of carbonyl (C=O) groups excluding carboxylic acids is 3. The summed E-state index contributed by atoms with van der Waals surface area (Å²) in [6.07, 6.45) is 0. The highest BCUT2D eigenvalue weighted by molar-refractivity contribution is 6.31. The van der Waals surface area contributed by atoms with Gasteiger partial charge in [0, 0.05) is 12.1 Å². The average Bonchev–Trinajstić information content (AvgIpc) is 2.71. The Morgan fingerprint density at radius 3 is 2.55 bits per heavy atom. The molecule has 29 heavy (non-hydrogen) atoms. The van der Waals surface area contributed by atoms with E-state index in [-0.39, 0.29) is 13.2 Å². The Morgan fingerprint density at radius 2 is 1.86 bits per heavy atom. The van der Waals surface area contributed by atoms with E-state index in [0.29, 0.717) is 27.8 Å². The van der Waals surface area contributed by atoms with Crippen molar-refractivity contribution in [1.29, 1.82) is 0 Å². The molecule has 2 amide bonds. The molecule has 1 N–H and O–H groups in total. The molecule has 0 aliphatic rings. The van der Waals surface area contributed by atoms with Crippen molar-refractivity contribution < 1.29 is 28.6 Å². The minimum Gasteiger partial charge on any atom is -0.495 e. The molecule has 0 unspecified atom stereocenters. The maximum Gasteiger partial charge on any atom is 0.337 e. The molecule has 0 aromatic heterocycles. The molecule has 2 aromatic rings. The number of nitrogens with zero attached hydrogens (tertiary/aromatic N) is 1. The summed E-state index contributed by atoms with van der Waals surface area (Å²) in [6.45, 7) is -0.491. The molecule has 0 atom stereocenters. The second kappa shape index (κ2) is 10.3. The van der Waals surface area contributed by atoms with Crippen LogP contribution >= 0.6 is 11.6 Å². The zero-order valence-electron chi connectivity index (χ0n) is 16.2. The Labute approximate surface area is 173 Å². The summed E-state index contributed by atoms with van der Waals surface area (Å²) in [5.74, 6) is -0.559. The highest BCUT2D eigenvalue weighted by atomic mass is 35.5. The van der Waals surface area contributed by atoms with Crippen molar-refractivity contribution in [1.82, 2.24) is 4.90 Å². The van der Waals surface area contributed by atoms with Gasteiger partial charge in [0.05, 0.1) is 32.0 Å². The largest absolute Gasteiger partial charge is 0.495 e. The van der Waals surface area contributed by atoms with Crippen molar-refractivity contribution in [2.24, 2.45) is 0 Å². The van der Waals surface area contributed by atoms with E-state index in [1.165, 1.54) is 32.2 Å². The van der Waals surface area contributed by atoms with Crippen molar-refractivity contribution in [3.63, 3.8) is 0 Å². The van der Waals surface area contributed by atoms with Crippen molar-refractivity contribution in [2.75, 3.05) is 39.7 Å². The van der Waals surface area contributed by atoms with Gasteiger partial charge in [-0.15, -0.1) is 0 Å². The second-order valence-corrected chi connectivity index (χ2v) is 6.39. The van der Waals surface area contributed by atoms with Crippen LogP contribution in [0.1, 0.15) is 10.4 Å². The first-order chi connectivity index (χ1) is 13.8. The quantitative estimate of drug-likeness (QED) is 0.660. The van der Waals surface area contributed by atoms with Crippen LogP contribution in [0.2, 0.25) is 5.02 Å². The van der Waals surface area contributed by atoms with Crippen LogP contribution in [0.25, 0.3) is 0 Å². The van der Waals surface area contributed by atoms with Gasteiger partial charge in [-0.25, -0.2) is 4.79 Å². The summed E-state index contributed by atoms with van der Waals surface area (Å²) < 4.78 is 15.2. The summed E-state index contributed by atoms with van der Waals surface area (Å²) in [5.41, 5.74) is 0.711. The van der Waals surface area contributed by atoms with Gasteiger partial charge in [-0.05, 0) is 36.4 Å². The van der Waals surface area contributed by atoms with E-state index in [4.69, 9.17) is 21.1 Å². The third-order valence-electron chi connectivity index (χ3n) is 3.86. The number of halogens is 1. The van der Waals surface area contributed by atoms with E-state index < -0.39 is 17.8 Å². The van der Waals surface area contributed by atoms with Crippen molar-refractivity contribution >= 4 is 35.1 Å². The molecule has 0 saturated carbocycles. The summed E-state index contributed by atoms with van der Waals surface area (Å²) >= 11 is 5.94. The van der Waals surface area contributed by atoms with Gasteiger partial charge in [0.15, 0.2) is 6.61 Å². The fourth-order valence-corrected chi connectivity index (χ4v) is 2.53. The fourth-order valence-electron chi connectivity index (χ4n) is 2.36. The molecule has 0 aliphatic heterocycles. The minimum absolute atomic E-state index is 0.194. The molecular formula is C20H21ClN2O6. The standard InChI is InChI=1S/C20H21ClN2O6/c1-23(11-18(24)22-16-10-14(21)7-8-17(16)27-2)19(25)12-29-15-6-4-5-13(9-15)20(26)28-3/h4-10H,11-12H2,1-3H3,(H,22,24). The van der Waals surface area contributed by atoms with Gasteiger partial charge in [0.1, 0.15) is 11.5 Å². The Hall–Kier alpha value is -3.26. The number of hydrogen-bond acceptors (Lipinski definition) is 6. The highest BCUT2D eigenvalue weighted by Crippen LogP contribution is 2.27. The Kier molecular flexibility index (Phi) is 7.85. The zero-order chi connectivity index (χ0) is 21.4. The van der Waals surface area contributed by atoms with E-state index in [9.17, 15) is 14.4 Å². The van der Waals surface area contributed by atoms with E-state index in [1.54, 1.807) is 36.4 Å². The lowest BCUT2D eigenvalue weighted by molar-refractivity contribution is -0.135. The van der Waals surface area contributed by atoms with Crippen molar-refractivity contribution in [2.45, 2.75) is 0 Å². The third kappa shape index (κ3) is 6.39. The fraction of sp³-hybridized carbons (Fsp3) is 0.250. The summed E-state index contributed by atoms with van der Waals surface area (Å²) in [6, 6.07) is 11.1. The van der Waals surface area contributed by atoms with Crippen LogP contribution < -0.4 is 14.8 Å². The Balaban J connectivity index is 1.90. The van der Waals surface area contributed by atoms with Crippen LogP contribution in [-0.2, 0) is 14.3 Å². The average molecular weight is 421 g/mol. The van der Waals surface area contributed by atoms with E-state index in [2.05, 4.69) is 10.1 Å². The molecular weight excluding hydrogens is 400 g/mol. The molecule has 2 rings (SSSR count). The SMILES string of the molecule is COC(=O)c1cccc(OCC(=O)N(C)CC(=O)Nc2cc(Cl)ccc2OC)c1. The number of hydrogen-bond donors (Lipinski definition) is 1. The Bertz CT molecular complexity index is 902. The van der Waals surface area contributed by atoms with Gasteiger partial charge in [-0.3, -0.25) is 9.59 Å². The minimum atomic E-state index is -0.507. The summed E-state index contributed by atoms with van der Waals surface area (Å²) in [5, 5.41) is 3.09. The lowest BCUT2D eigenvalue weighted by Gasteiger charge is -2.18. The molecule has 0 fully saturated rings. The maximum atomic E-state index is 12.2.